The van der Waals surface area contributed by atoms with Crippen molar-refractivity contribution in [2.45, 2.75) is 73.3 Å². The summed E-state index contributed by atoms with van der Waals surface area (Å²) in [6, 6.07) is 5.86. The van der Waals surface area contributed by atoms with Crippen LogP contribution in [0.1, 0.15) is 76.2 Å². The number of rotatable bonds is 5. The Kier molecular flexibility index (Phi) is 9.33. The molecule has 35 heavy (non-hydrogen) atoms. The zero-order valence-corrected chi connectivity index (χ0v) is 22.3. The summed E-state index contributed by atoms with van der Waals surface area (Å²) in [5.74, 6) is 1.08. The molecule has 1 amide bonds. The molecule has 2 heterocycles. The van der Waals surface area contributed by atoms with Gasteiger partial charge in [0.1, 0.15) is 5.84 Å². The first-order valence-electron chi connectivity index (χ1n) is 13.1. The second-order valence-corrected chi connectivity index (χ2v) is 9.72. The lowest BCUT2D eigenvalue weighted by Gasteiger charge is -2.37. The third-order valence-electron chi connectivity index (χ3n) is 6.69. The van der Waals surface area contributed by atoms with Crippen LogP contribution in [0.2, 0.25) is 0 Å². The first kappa shape index (κ1) is 26.7. The molecule has 2 aliphatic heterocycles. The number of allylic oxidation sites excluding steroid dienone is 3. The van der Waals surface area contributed by atoms with E-state index < -0.39 is 0 Å². The quantitative estimate of drug-likeness (QED) is 0.416. The number of morpholine rings is 1. The molecule has 3 aliphatic rings. The number of nitrogens with zero attached hydrogens (tertiary/aromatic N) is 2. The van der Waals surface area contributed by atoms with Crippen LogP contribution in [0.25, 0.3) is 0 Å². The molecule has 6 nitrogen and oxygen atoms in total. The Hall–Kier alpha value is -2.86. The van der Waals surface area contributed by atoms with E-state index in [9.17, 15) is 4.79 Å². The number of ether oxygens (including phenoxy) is 1. The van der Waals surface area contributed by atoms with Crippen LogP contribution >= 0.6 is 0 Å². The Morgan fingerprint density at radius 2 is 2.00 bits per heavy atom. The van der Waals surface area contributed by atoms with Crippen molar-refractivity contribution in [3.8, 4) is 0 Å². The average molecular weight is 479 g/mol. The van der Waals surface area contributed by atoms with E-state index in [2.05, 4.69) is 26.1 Å². The summed E-state index contributed by atoms with van der Waals surface area (Å²) >= 11 is 0. The van der Waals surface area contributed by atoms with Crippen LogP contribution in [-0.4, -0.2) is 42.4 Å². The predicted molar refractivity (Wildman–Crippen MR) is 145 cm³/mol. The van der Waals surface area contributed by atoms with Gasteiger partial charge in [-0.2, -0.15) is 0 Å². The van der Waals surface area contributed by atoms with Gasteiger partial charge in [0.25, 0.3) is 5.91 Å². The van der Waals surface area contributed by atoms with Gasteiger partial charge in [0.05, 0.1) is 24.9 Å². The first-order valence-corrected chi connectivity index (χ1v) is 13.1. The van der Waals surface area contributed by atoms with E-state index in [1.165, 1.54) is 12.0 Å². The number of carbonyl (C=O) groups excluding carboxylic acids is 1. The lowest BCUT2D eigenvalue weighted by atomic mass is 9.86. The maximum absolute atomic E-state index is 13.4. The number of nitrogens with one attached hydrogen (secondary N) is 1. The Morgan fingerprint density at radius 3 is 2.63 bits per heavy atom. The number of aryl methyl sites for hydroxylation is 1. The number of benzene rings is 1. The fraction of sp³-hybridized carbons (Fsp3) is 0.517. The van der Waals surface area contributed by atoms with Gasteiger partial charge in [-0.05, 0) is 86.4 Å². The molecule has 1 aromatic rings. The number of hydrogen-bond donors (Lipinski definition) is 2. The van der Waals surface area contributed by atoms with Crippen molar-refractivity contribution in [3.63, 3.8) is 0 Å². The predicted octanol–water partition coefficient (Wildman–Crippen LogP) is 5.77. The van der Waals surface area contributed by atoms with E-state index in [0.29, 0.717) is 31.5 Å². The van der Waals surface area contributed by atoms with Gasteiger partial charge in [-0.1, -0.05) is 27.7 Å². The zero-order chi connectivity index (χ0) is 25.5. The highest BCUT2D eigenvalue weighted by Crippen LogP contribution is 2.33. The molecule has 1 saturated carbocycles. The first-order chi connectivity index (χ1) is 16.8. The molecular formula is C29H42N4O2. The lowest BCUT2D eigenvalue weighted by Crippen LogP contribution is -2.49. The van der Waals surface area contributed by atoms with Crippen molar-refractivity contribution < 1.29 is 9.53 Å². The van der Waals surface area contributed by atoms with Crippen LogP contribution in [-0.2, 0) is 4.74 Å². The number of amidine groups is 1. The maximum atomic E-state index is 13.4. The number of nitrogens with two attached hydrogens (primary N) is 1. The molecule has 1 unspecified atom stereocenters. The summed E-state index contributed by atoms with van der Waals surface area (Å²) in [5, 5.41) is 3.38. The SMILES string of the molecule is CC.CC1=C(C(N)=Nc2ccc(C(=O)N3CCOCC3CC(C)C)c(C)c2)C(=C2CCC2)NC=C1. The van der Waals surface area contributed by atoms with Crippen LogP contribution in [0.4, 0.5) is 5.69 Å². The molecule has 6 heteroatoms. The number of dihydropyridines is 1. The van der Waals surface area contributed by atoms with E-state index >= 15 is 0 Å². The molecule has 0 spiro atoms. The fourth-order valence-corrected chi connectivity index (χ4v) is 4.78. The summed E-state index contributed by atoms with van der Waals surface area (Å²) in [4.78, 5) is 20.1. The van der Waals surface area contributed by atoms with Crippen molar-refractivity contribution >= 4 is 17.4 Å². The van der Waals surface area contributed by atoms with Gasteiger partial charge in [0.2, 0.25) is 0 Å². The molecule has 0 bridgehead atoms. The average Bonchev–Trinajstić information content (AvgIpc) is 2.79. The van der Waals surface area contributed by atoms with Crippen molar-refractivity contribution in [2.24, 2.45) is 16.6 Å². The fourth-order valence-electron chi connectivity index (χ4n) is 4.78. The summed E-state index contributed by atoms with van der Waals surface area (Å²) in [6.07, 6.45) is 8.38. The molecule has 1 saturated heterocycles. The molecule has 1 aliphatic carbocycles. The van der Waals surface area contributed by atoms with Crippen LogP contribution < -0.4 is 11.1 Å². The minimum Gasteiger partial charge on any atom is -0.383 e. The molecule has 0 aromatic heterocycles. The van der Waals surface area contributed by atoms with Crippen LogP contribution in [0, 0.1) is 12.8 Å². The van der Waals surface area contributed by atoms with Crippen LogP contribution in [0.5, 0.6) is 0 Å². The van der Waals surface area contributed by atoms with E-state index in [-0.39, 0.29) is 11.9 Å². The Morgan fingerprint density at radius 1 is 1.26 bits per heavy atom. The topological polar surface area (TPSA) is 80.0 Å². The van der Waals surface area contributed by atoms with Gasteiger partial charge in [-0.25, -0.2) is 4.99 Å². The number of amides is 1. The number of aliphatic imine (C=N–C) groups is 1. The molecule has 4 rings (SSSR count). The largest absolute Gasteiger partial charge is 0.383 e. The minimum absolute atomic E-state index is 0.0714. The van der Waals surface area contributed by atoms with Gasteiger partial charge < -0.3 is 20.7 Å². The van der Waals surface area contributed by atoms with Gasteiger partial charge in [0, 0.05) is 29.6 Å². The lowest BCUT2D eigenvalue weighted by molar-refractivity contribution is -0.00750. The molecule has 2 fully saturated rings. The van der Waals surface area contributed by atoms with Gasteiger partial charge in [0.15, 0.2) is 0 Å². The smallest absolute Gasteiger partial charge is 0.254 e. The van der Waals surface area contributed by atoms with Gasteiger partial charge >= 0.3 is 0 Å². The zero-order valence-electron chi connectivity index (χ0n) is 22.3. The van der Waals surface area contributed by atoms with Crippen molar-refractivity contribution in [1.82, 2.24) is 10.2 Å². The molecule has 0 radical (unpaired) electrons. The van der Waals surface area contributed by atoms with Gasteiger partial charge in [-0.3, -0.25) is 4.79 Å². The number of carbonyl (C=O) groups is 1. The third-order valence-corrected chi connectivity index (χ3v) is 6.69. The molecule has 1 atom stereocenters. The van der Waals surface area contributed by atoms with Crippen LogP contribution in [0.15, 0.2) is 57.9 Å². The third kappa shape index (κ3) is 6.23. The highest BCUT2D eigenvalue weighted by Gasteiger charge is 2.29. The Bertz CT molecular complexity index is 1040. The van der Waals surface area contributed by atoms with Crippen molar-refractivity contribution in [1.29, 1.82) is 0 Å². The maximum Gasteiger partial charge on any atom is 0.254 e. The normalized spacial score (nSPS) is 20.4. The van der Waals surface area contributed by atoms with Gasteiger partial charge in [-0.15, -0.1) is 0 Å². The highest BCUT2D eigenvalue weighted by molar-refractivity contribution is 6.04. The Balaban J connectivity index is 0.00000167. The number of hydrogen-bond acceptors (Lipinski definition) is 4. The molecular weight excluding hydrogens is 436 g/mol. The standard InChI is InChI=1S/C27H36N4O2.C2H6/c1-17(2)14-22-16-33-13-12-31(22)27(32)23-9-8-21(15-19(23)4)30-26(28)24-18(3)10-11-29-25(24)20-6-5-7-20;1-2/h8-11,15,17,22,29H,5-7,12-14,16H2,1-4H3,(H2,28,30);1-2H3. The molecule has 1 aromatic carbocycles. The van der Waals surface area contributed by atoms with Crippen LogP contribution in [0.3, 0.4) is 0 Å². The second-order valence-electron chi connectivity index (χ2n) is 9.72. The summed E-state index contributed by atoms with van der Waals surface area (Å²) in [6.45, 7) is 14.2. The minimum atomic E-state index is 0.0714. The van der Waals surface area contributed by atoms with Crippen molar-refractivity contribution in [2.75, 3.05) is 19.8 Å². The van der Waals surface area contributed by atoms with E-state index in [1.807, 2.05) is 56.1 Å². The van der Waals surface area contributed by atoms with E-state index in [0.717, 1.165) is 52.9 Å². The second kappa shape index (κ2) is 12.2. The van der Waals surface area contributed by atoms with Crippen molar-refractivity contribution in [3.05, 3.63) is 64.0 Å². The monoisotopic (exact) mass is 478 g/mol. The summed E-state index contributed by atoms with van der Waals surface area (Å²) in [7, 11) is 0. The van der Waals surface area contributed by atoms with E-state index in [4.69, 9.17) is 15.5 Å². The molecule has 190 valence electrons. The summed E-state index contributed by atoms with van der Waals surface area (Å²) in [5.41, 5.74) is 13.5. The molecule has 3 N–H and O–H groups in total. The summed E-state index contributed by atoms with van der Waals surface area (Å²) < 4.78 is 5.65. The highest BCUT2D eigenvalue weighted by atomic mass is 16.5. The van der Waals surface area contributed by atoms with E-state index in [1.54, 1.807) is 0 Å². The Labute approximate surface area is 211 Å².